The number of thioether (sulfide) groups is 1. The van der Waals surface area contributed by atoms with E-state index in [2.05, 4.69) is 25.1 Å². The van der Waals surface area contributed by atoms with E-state index in [1.165, 1.54) is 22.9 Å². The molecule has 2 nitrogen and oxygen atoms in total. The zero-order valence-corrected chi connectivity index (χ0v) is 9.93. The minimum absolute atomic E-state index is 0.158. The van der Waals surface area contributed by atoms with Gasteiger partial charge < -0.3 is 4.90 Å². The molecule has 0 radical (unpaired) electrons. The van der Waals surface area contributed by atoms with Crippen LogP contribution in [0.2, 0.25) is 0 Å². The Morgan fingerprint density at radius 2 is 2.27 bits per heavy atom. The van der Waals surface area contributed by atoms with Crippen molar-refractivity contribution in [1.29, 1.82) is 0 Å². The fourth-order valence-corrected chi connectivity index (χ4v) is 2.54. The van der Waals surface area contributed by atoms with Crippen LogP contribution >= 0.6 is 11.8 Å². The van der Waals surface area contributed by atoms with E-state index in [-0.39, 0.29) is 5.24 Å². The lowest BCUT2D eigenvalue weighted by molar-refractivity contribution is 0.264. The summed E-state index contributed by atoms with van der Waals surface area (Å²) in [6.45, 7) is 2.93. The lowest BCUT2D eigenvalue weighted by Crippen LogP contribution is -2.33. The van der Waals surface area contributed by atoms with Gasteiger partial charge in [-0.15, -0.1) is 0 Å². The first-order valence-corrected chi connectivity index (χ1v) is 6.40. The molecule has 1 aromatic rings. The van der Waals surface area contributed by atoms with Crippen molar-refractivity contribution in [2.75, 3.05) is 17.7 Å². The molecule has 0 unspecified atom stereocenters. The Morgan fingerprint density at radius 1 is 1.47 bits per heavy atom. The monoisotopic (exact) mass is 221 g/mol. The summed E-state index contributed by atoms with van der Waals surface area (Å²) in [6.07, 6.45) is 4.01. The molecular weight excluding hydrogens is 206 g/mol. The molecule has 1 aliphatic rings. The van der Waals surface area contributed by atoms with Gasteiger partial charge in [-0.1, -0.05) is 30.0 Å². The number of amides is 1. The number of hydrogen-bond acceptors (Lipinski definition) is 2. The average Bonchev–Trinajstić information content (AvgIpc) is 2.28. The van der Waals surface area contributed by atoms with Gasteiger partial charge in [0.05, 0.1) is 5.69 Å². The maximum absolute atomic E-state index is 11.8. The molecule has 0 N–H and O–H groups in total. The molecule has 1 aliphatic heterocycles. The van der Waals surface area contributed by atoms with Crippen LogP contribution in [0.3, 0.4) is 0 Å². The van der Waals surface area contributed by atoms with E-state index in [0.29, 0.717) is 0 Å². The van der Waals surface area contributed by atoms with E-state index >= 15 is 0 Å². The summed E-state index contributed by atoms with van der Waals surface area (Å²) in [5.41, 5.74) is 3.65. The third-order valence-electron chi connectivity index (χ3n) is 2.81. The topological polar surface area (TPSA) is 20.3 Å². The van der Waals surface area contributed by atoms with Crippen LogP contribution in [-0.2, 0) is 6.42 Å². The van der Waals surface area contributed by atoms with Gasteiger partial charge in [0, 0.05) is 6.54 Å². The summed E-state index contributed by atoms with van der Waals surface area (Å²) < 4.78 is 0. The number of aryl methyl sites for hydroxylation is 2. The Balaban J connectivity index is 2.45. The minimum atomic E-state index is 0.158. The van der Waals surface area contributed by atoms with E-state index in [1.54, 1.807) is 0 Å². The van der Waals surface area contributed by atoms with Gasteiger partial charge in [0.1, 0.15) is 0 Å². The Labute approximate surface area is 94.7 Å². The fraction of sp³-hybridized carbons (Fsp3) is 0.417. The van der Waals surface area contributed by atoms with Crippen molar-refractivity contribution in [2.45, 2.75) is 19.8 Å². The van der Waals surface area contributed by atoms with Crippen LogP contribution in [0.5, 0.6) is 0 Å². The van der Waals surface area contributed by atoms with Gasteiger partial charge in [0.15, 0.2) is 0 Å². The molecule has 3 heteroatoms. The molecule has 2 rings (SSSR count). The number of anilines is 1. The molecule has 0 fully saturated rings. The largest absolute Gasteiger partial charge is 0.303 e. The number of rotatable bonds is 0. The normalized spacial score (nSPS) is 14.9. The predicted octanol–water partition coefficient (Wildman–Crippen LogP) is 3.23. The number of para-hydroxylation sites is 1. The van der Waals surface area contributed by atoms with Crippen LogP contribution in [0.15, 0.2) is 18.2 Å². The lowest BCUT2D eigenvalue weighted by Gasteiger charge is -2.30. The second-order valence-corrected chi connectivity index (χ2v) is 4.57. The van der Waals surface area contributed by atoms with Crippen molar-refractivity contribution >= 4 is 22.7 Å². The molecule has 1 heterocycles. The van der Waals surface area contributed by atoms with E-state index in [1.807, 2.05) is 11.2 Å². The first-order chi connectivity index (χ1) is 7.24. The Morgan fingerprint density at radius 3 is 3.00 bits per heavy atom. The standard InChI is InChI=1S/C12H15NOS/c1-9-5-3-6-10-7-4-8-13(11(9)10)12(14)15-2/h3,5-6H,4,7-8H2,1-2H3. The lowest BCUT2D eigenvalue weighted by atomic mass is 9.99. The molecule has 1 aromatic carbocycles. The van der Waals surface area contributed by atoms with Crippen LogP contribution in [0.1, 0.15) is 17.5 Å². The van der Waals surface area contributed by atoms with Crippen molar-refractivity contribution in [2.24, 2.45) is 0 Å². The highest BCUT2D eigenvalue weighted by molar-refractivity contribution is 8.13. The third-order valence-corrected chi connectivity index (χ3v) is 3.38. The zero-order valence-electron chi connectivity index (χ0n) is 9.12. The molecule has 1 amide bonds. The molecule has 0 atom stereocenters. The second-order valence-electron chi connectivity index (χ2n) is 3.81. The first-order valence-electron chi connectivity index (χ1n) is 5.18. The summed E-state index contributed by atoms with van der Waals surface area (Å²) in [5, 5.41) is 0.158. The number of carbonyl (C=O) groups excluding carboxylic acids is 1. The maximum Gasteiger partial charge on any atom is 0.285 e. The number of nitrogens with zero attached hydrogens (tertiary/aromatic N) is 1. The average molecular weight is 221 g/mol. The van der Waals surface area contributed by atoms with Crippen LogP contribution in [0.25, 0.3) is 0 Å². The highest BCUT2D eigenvalue weighted by atomic mass is 32.2. The van der Waals surface area contributed by atoms with Gasteiger partial charge in [0.2, 0.25) is 0 Å². The van der Waals surface area contributed by atoms with Crippen molar-refractivity contribution in [3.05, 3.63) is 29.3 Å². The Bertz CT molecular complexity index is 389. The molecule has 0 spiro atoms. The molecule has 0 bridgehead atoms. The summed E-state index contributed by atoms with van der Waals surface area (Å²) in [7, 11) is 0. The Hall–Kier alpha value is -0.960. The quantitative estimate of drug-likeness (QED) is 0.670. The van der Waals surface area contributed by atoms with E-state index in [4.69, 9.17) is 0 Å². The van der Waals surface area contributed by atoms with E-state index in [9.17, 15) is 4.79 Å². The van der Waals surface area contributed by atoms with Crippen LogP contribution in [0.4, 0.5) is 10.5 Å². The number of benzene rings is 1. The second kappa shape index (κ2) is 4.27. The van der Waals surface area contributed by atoms with Crippen LogP contribution in [0, 0.1) is 6.92 Å². The van der Waals surface area contributed by atoms with E-state index in [0.717, 1.165) is 25.1 Å². The van der Waals surface area contributed by atoms with E-state index < -0.39 is 0 Å². The summed E-state index contributed by atoms with van der Waals surface area (Å²) in [4.78, 5) is 13.7. The van der Waals surface area contributed by atoms with Crippen molar-refractivity contribution in [3.63, 3.8) is 0 Å². The summed E-state index contributed by atoms with van der Waals surface area (Å²) in [5.74, 6) is 0. The molecule has 0 saturated carbocycles. The van der Waals surface area contributed by atoms with Gasteiger partial charge in [-0.3, -0.25) is 4.79 Å². The summed E-state index contributed by atoms with van der Waals surface area (Å²) in [6, 6.07) is 6.27. The van der Waals surface area contributed by atoms with Gasteiger partial charge in [-0.05, 0) is 37.1 Å². The number of hydrogen-bond donors (Lipinski definition) is 0. The van der Waals surface area contributed by atoms with Crippen molar-refractivity contribution < 1.29 is 4.79 Å². The minimum Gasteiger partial charge on any atom is -0.303 e. The van der Waals surface area contributed by atoms with Gasteiger partial charge >= 0.3 is 0 Å². The molecule has 80 valence electrons. The molecule has 0 saturated heterocycles. The van der Waals surface area contributed by atoms with Gasteiger partial charge in [0.25, 0.3) is 5.24 Å². The highest BCUT2D eigenvalue weighted by Gasteiger charge is 2.22. The number of fused-ring (bicyclic) bond motifs is 1. The van der Waals surface area contributed by atoms with Crippen LogP contribution in [-0.4, -0.2) is 18.0 Å². The predicted molar refractivity (Wildman–Crippen MR) is 65.8 cm³/mol. The maximum atomic E-state index is 11.8. The molecule has 0 aromatic heterocycles. The molecule has 0 aliphatic carbocycles. The summed E-state index contributed by atoms with van der Waals surface area (Å²) >= 11 is 1.29. The smallest absolute Gasteiger partial charge is 0.285 e. The number of carbonyl (C=O) groups is 1. The van der Waals surface area contributed by atoms with Gasteiger partial charge in [-0.2, -0.15) is 0 Å². The first kappa shape index (κ1) is 10.6. The SMILES string of the molecule is CSC(=O)N1CCCc2cccc(C)c21. The Kier molecular flexibility index (Phi) is 3.00. The molecular formula is C12H15NOS. The van der Waals surface area contributed by atoms with Gasteiger partial charge in [-0.25, -0.2) is 0 Å². The highest BCUT2D eigenvalue weighted by Crippen LogP contribution is 2.31. The third kappa shape index (κ3) is 1.88. The molecule has 15 heavy (non-hydrogen) atoms. The van der Waals surface area contributed by atoms with Crippen molar-refractivity contribution in [3.8, 4) is 0 Å². The van der Waals surface area contributed by atoms with Crippen molar-refractivity contribution in [1.82, 2.24) is 0 Å². The zero-order chi connectivity index (χ0) is 10.8. The fourth-order valence-electron chi connectivity index (χ4n) is 2.14. The van der Waals surface area contributed by atoms with Crippen LogP contribution < -0.4 is 4.90 Å².